The number of carbonyl (C=O) groups excluding carboxylic acids is 2. The van der Waals surface area contributed by atoms with Gasteiger partial charge in [-0.05, 0) is 47.9 Å². The minimum absolute atomic E-state index is 0.0263. The number of anilines is 1. The Morgan fingerprint density at radius 1 is 1.00 bits per heavy atom. The standard InChI is InChI=1S/C23H20ClFN2O2/c24-17-8-9-20(25)21(14-17)26-22(28)16-10-12-27(13-11-16)23(29)19-7-3-5-15-4-1-2-6-18(15)19/h1-9,14,16H,10-13H2,(H,26,28). The number of benzene rings is 3. The molecule has 1 N–H and O–H groups in total. The number of nitrogens with one attached hydrogen (secondary N) is 1. The molecule has 0 atom stereocenters. The fourth-order valence-corrected chi connectivity index (χ4v) is 3.93. The molecule has 1 heterocycles. The Morgan fingerprint density at radius 2 is 1.72 bits per heavy atom. The zero-order valence-corrected chi connectivity index (χ0v) is 16.5. The summed E-state index contributed by atoms with van der Waals surface area (Å²) in [5.41, 5.74) is 0.753. The molecule has 4 nitrogen and oxygen atoms in total. The topological polar surface area (TPSA) is 49.4 Å². The SMILES string of the molecule is O=C(Nc1cc(Cl)ccc1F)C1CCN(C(=O)c2cccc3ccccc23)CC1. The van der Waals surface area contributed by atoms with Gasteiger partial charge in [0.1, 0.15) is 5.82 Å². The zero-order valence-electron chi connectivity index (χ0n) is 15.7. The largest absolute Gasteiger partial charge is 0.339 e. The van der Waals surface area contributed by atoms with Gasteiger partial charge in [-0.1, -0.05) is 48.0 Å². The second-order valence-electron chi connectivity index (χ2n) is 7.21. The van der Waals surface area contributed by atoms with E-state index in [2.05, 4.69) is 5.32 Å². The van der Waals surface area contributed by atoms with Gasteiger partial charge in [0.25, 0.3) is 5.91 Å². The molecular formula is C23H20ClFN2O2. The van der Waals surface area contributed by atoms with Crippen molar-refractivity contribution in [2.45, 2.75) is 12.8 Å². The Morgan fingerprint density at radius 3 is 2.52 bits per heavy atom. The Balaban J connectivity index is 1.42. The molecule has 0 aromatic heterocycles. The van der Waals surface area contributed by atoms with Crippen molar-refractivity contribution in [3.05, 3.63) is 77.1 Å². The van der Waals surface area contributed by atoms with Crippen LogP contribution in [0, 0.1) is 11.7 Å². The van der Waals surface area contributed by atoms with Crippen LogP contribution in [-0.4, -0.2) is 29.8 Å². The summed E-state index contributed by atoms with van der Waals surface area (Å²) >= 11 is 5.88. The molecular weight excluding hydrogens is 391 g/mol. The maximum atomic E-state index is 13.9. The number of rotatable bonds is 3. The van der Waals surface area contributed by atoms with Gasteiger partial charge in [0.15, 0.2) is 0 Å². The molecule has 29 heavy (non-hydrogen) atoms. The van der Waals surface area contributed by atoms with Crippen molar-refractivity contribution >= 4 is 39.9 Å². The summed E-state index contributed by atoms with van der Waals surface area (Å²) in [5, 5.41) is 4.93. The first-order valence-electron chi connectivity index (χ1n) is 9.56. The van der Waals surface area contributed by atoms with Gasteiger partial charge in [-0.25, -0.2) is 4.39 Å². The van der Waals surface area contributed by atoms with Gasteiger partial charge in [0.05, 0.1) is 5.69 Å². The van der Waals surface area contributed by atoms with Crippen LogP contribution in [-0.2, 0) is 4.79 Å². The lowest BCUT2D eigenvalue weighted by Crippen LogP contribution is -2.41. The lowest BCUT2D eigenvalue weighted by Gasteiger charge is -2.31. The average Bonchev–Trinajstić information content (AvgIpc) is 2.75. The summed E-state index contributed by atoms with van der Waals surface area (Å²) in [4.78, 5) is 27.3. The van der Waals surface area contributed by atoms with Crippen LogP contribution in [0.3, 0.4) is 0 Å². The summed E-state index contributed by atoms with van der Waals surface area (Å²) in [6.07, 6.45) is 1.06. The summed E-state index contributed by atoms with van der Waals surface area (Å²) < 4.78 is 13.9. The predicted octanol–water partition coefficient (Wildman–Crippen LogP) is 5.12. The molecule has 3 aromatic rings. The van der Waals surface area contributed by atoms with E-state index in [1.165, 1.54) is 18.2 Å². The molecule has 2 amide bonds. The van der Waals surface area contributed by atoms with Crippen LogP contribution >= 0.6 is 11.6 Å². The van der Waals surface area contributed by atoms with Crippen LogP contribution in [0.4, 0.5) is 10.1 Å². The number of fused-ring (bicyclic) bond motifs is 1. The molecule has 0 aliphatic carbocycles. The predicted molar refractivity (Wildman–Crippen MR) is 113 cm³/mol. The van der Waals surface area contributed by atoms with E-state index in [-0.39, 0.29) is 23.4 Å². The monoisotopic (exact) mass is 410 g/mol. The molecule has 1 aliphatic heterocycles. The Hall–Kier alpha value is -2.92. The van der Waals surface area contributed by atoms with Gasteiger partial charge in [-0.2, -0.15) is 0 Å². The third kappa shape index (κ3) is 4.10. The molecule has 1 fully saturated rings. The van der Waals surface area contributed by atoms with E-state index in [0.717, 1.165) is 10.8 Å². The van der Waals surface area contributed by atoms with E-state index in [1.807, 2.05) is 42.5 Å². The highest BCUT2D eigenvalue weighted by Gasteiger charge is 2.28. The number of amides is 2. The minimum atomic E-state index is -0.522. The number of hydrogen-bond donors (Lipinski definition) is 1. The van der Waals surface area contributed by atoms with E-state index in [1.54, 1.807) is 4.90 Å². The number of likely N-dealkylation sites (tertiary alicyclic amines) is 1. The summed E-state index contributed by atoms with van der Waals surface area (Å²) in [6.45, 7) is 0.969. The van der Waals surface area contributed by atoms with Crippen LogP contribution in [0.5, 0.6) is 0 Å². The first-order valence-corrected chi connectivity index (χ1v) is 9.93. The zero-order chi connectivity index (χ0) is 20.4. The van der Waals surface area contributed by atoms with E-state index >= 15 is 0 Å². The van der Waals surface area contributed by atoms with Gasteiger partial charge in [0, 0.05) is 29.6 Å². The average molecular weight is 411 g/mol. The van der Waals surface area contributed by atoms with Crippen molar-refractivity contribution in [3.8, 4) is 0 Å². The lowest BCUT2D eigenvalue weighted by molar-refractivity contribution is -0.121. The smallest absolute Gasteiger partial charge is 0.254 e. The molecule has 0 radical (unpaired) electrons. The quantitative estimate of drug-likeness (QED) is 0.651. The Kier molecular flexibility index (Phi) is 5.49. The second-order valence-corrected chi connectivity index (χ2v) is 7.64. The summed E-state index contributed by atoms with van der Waals surface area (Å²) in [6, 6.07) is 17.6. The third-order valence-electron chi connectivity index (χ3n) is 5.36. The molecule has 3 aromatic carbocycles. The van der Waals surface area contributed by atoms with Gasteiger partial charge in [-0.3, -0.25) is 9.59 Å². The van der Waals surface area contributed by atoms with Crippen molar-refractivity contribution in [3.63, 3.8) is 0 Å². The first kappa shape index (κ1) is 19.4. The van der Waals surface area contributed by atoms with Gasteiger partial charge in [-0.15, -0.1) is 0 Å². The Bertz CT molecular complexity index is 1070. The molecule has 0 spiro atoms. The number of halogens is 2. The van der Waals surface area contributed by atoms with E-state index < -0.39 is 5.82 Å². The highest BCUT2D eigenvalue weighted by Crippen LogP contribution is 2.25. The molecule has 1 aliphatic rings. The van der Waals surface area contributed by atoms with Crippen molar-refractivity contribution in [2.75, 3.05) is 18.4 Å². The van der Waals surface area contributed by atoms with Crippen molar-refractivity contribution < 1.29 is 14.0 Å². The maximum Gasteiger partial charge on any atom is 0.254 e. The summed E-state index contributed by atoms with van der Waals surface area (Å²) in [5.74, 6) is -1.07. The minimum Gasteiger partial charge on any atom is -0.339 e. The van der Waals surface area contributed by atoms with E-state index in [4.69, 9.17) is 11.6 Å². The van der Waals surface area contributed by atoms with Gasteiger partial charge in [0.2, 0.25) is 5.91 Å². The van der Waals surface area contributed by atoms with Crippen LogP contribution < -0.4 is 5.32 Å². The van der Waals surface area contributed by atoms with Crippen LogP contribution in [0.25, 0.3) is 10.8 Å². The molecule has 0 unspecified atom stereocenters. The fourth-order valence-electron chi connectivity index (χ4n) is 3.76. The number of nitrogens with zero attached hydrogens (tertiary/aromatic N) is 1. The highest BCUT2D eigenvalue weighted by atomic mass is 35.5. The van der Waals surface area contributed by atoms with Crippen molar-refractivity contribution in [1.82, 2.24) is 4.90 Å². The van der Waals surface area contributed by atoms with Crippen molar-refractivity contribution in [1.29, 1.82) is 0 Å². The van der Waals surface area contributed by atoms with Crippen molar-refractivity contribution in [2.24, 2.45) is 5.92 Å². The maximum absolute atomic E-state index is 13.9. The first-order chi connectivity index (χ1) is 14.0. The van der Waals surface area contributed by atoms with Crippen LogP contribution in [0.2, 0.25) is 5.02 Å². The molecule has 6 heteroatoms. The fraction of sp³-hybridized carbons (Fsp3) is 0.217. The normalized spacial score (nSPS) is 14.8. The molecule has 0 saturated carbocycles. The number of hydrogen-bond acceptors (Lipinski definition) is 2. The van der Waals surface area contributed by atoms with E-state index in [9.17, 15) is 14.0 Å². The molecule has 1 saturated heterocycles. The van der Waals surface area contributed by atoms with E-state index in [0.29, 0.717) is 36.5 Å². The molecule has 0 bridgehead atoms. The number of carbonyl (C=O) groups is 2. The molecule has 4 rings (SSSR count). The van der Waals surface area contributed by atoms with Crippen LogP contribution in [0.1, 0.15) is 23.2 Å². The third-order valence-corrected chi connectivity index (χ3v) is 5.59. The summed E-state index contributed by atoms with van der Waals surface area (Å²) in [7, 11) is 0. The second kappa shape index (κ2) is 8.21. The molecule has 148 valence electrons. The van der Waals surface area contributed by atoms with Gasteiger partial charge >= 0.3 is 0 Å². The van der Waals surface area contributed by atoms with Crippen LogP contribution in [0.15, 0.2) is 60.7 Å². The highest BCUT2D eigenvalue weighted by molar-refractivity contribution is 6.30. The number of piperidine rings is 1. The van der Waals surface area contributed by atoms with Gasteiger partial charge < -0.3 is 10.2 Å². The Labute approximate surface area is 173 Å². The lowest BCUT2D eigenvalue weighted by atomic mass is 9.94.